The Labute approximate surface area is 152 Å². The first kappa shape index (κ1) is 16.6. The van der Waals surface area contributed by atoms with Gasteiger partial charge in [0.15, 0.2) is 5.78 Å². The monoisotopic (exact) mass is 354 g/mol. The number of hydrogen-bond acceptors (Lipinski definition) is 4. The summed E-state index contributed by atoms with van der Waals surface area (Å²) in [4.78, 5) is 25.9. The number of thioether (sulfide) groups is 1. The van der Waals surface area contributed by atoms with E-state index < -0.39 is 0 Å². The maximum absolute atomic E-state index is 12.6. The lowest BCUT2D eigenvalue weighted by Crippen LogP contribution is -2.40. The fourth-order valence-electron chi connectivity index (χ4n) is 4.46. The summed E-state index contributed by atoms with van der Waals surface area (Å²) in [5.41, 5.74) is 1.65. The summed E-state index contributed by atoms with van der Waals surface area (Å²) in [6.45, 7) is 4.03. The summed E-state index contributed by atoms with van der Waals surface area (Å²) in [5, 5.41) is 0. The minimum atomic E-state index is -0.235. The Bertz CT molecular complexity index is 780. The molecule has 1 aromatic carbocycles. The van der Waals surface area contributed by atoms with Crippen LogP contribution in [0.5, 0.6) is 0 Å². The molecule has 0 N–H and O–H groups in total. The van der Waals surface area contributed by atoms with Crippen LogP contribution in [-0.2, 0) is 14.3 Å². The minimum Gasteiger partial charge on any atom is -0.457 e. The van der Waals surface area contributed by atoms with Crippen LogP contribution in [0.1, 0.15) is 26.7 Å². The van der Waals surface area contributed by atoms with Crippen LogP contribution in [0.15, 0.2) is 58.5 Å². The highest BCUT2D eigenvalue weighted by Gasteiger charge is 2.54. The molecule has 4 heteroatoms. The molecule has 4 atom stereocenters. The smallest absolute Gasteiger partial charge is 0.310 e. The molecule has 0 bridgehead atoms. The van der Waals surface area contributed by atoms with E-state index in [0.29, 0.717) is 0 Å². The predicted octanol–water partition coefficient (Wildman–Crippen LogP) is 4.19. The molecule has 0 aromatic heterocycles. The molecule has 0 unspecified atom stereocenters. The summed E-state index contributed by atoms with van der Waals surface area (Å²) in [5.74, 6) is 0.759. The molecule has 1 aliphatic heterocycles. The molecular weight excluding hydrogens is 332 g/mol. The van der Waals surface area contributed by atoms with Crippen LogP contribution in [0.3, 0.4) is 0 Å². The van der Waals surface area contributed by atoms with Crippen molar-refractivity contribution in [2.24, 2.45) is 17.3 Å². The first-order valence-corrected chi connectivity index (χ1v) is 9.81. The van der Waals surface area contributed by atoms with Crippen molar-refractivity contribution in [1.82, 2.24) is 0 Å². The van der Waals surface area contributed by atoms with Crippen molar-refractivity contribution in [2.45, 2.75) is 37.7 Å². The van der Waals surface area contributed by atoms with Crippen molar-refractivity contribution in [2.75, 3.05) is 5.75 Å². The molecular formula is C21H22O3S. The van der Waals surface area contributed by atoms with Crippen LogP contribution < -0.4 is 0 Å². The van der Waals surface area contributed by atoms with Gasteiger partial charge in [-0.1, -0.05) is 31.2 Å². The van der Waals surface area contributed by atoms with E-state index in [1.165, 1.54) is 4.90 Å². The van der Waals surface area contributed by atoms with Crippen molar-refractivity contribution in [1.29, 1.82) is 0 Å². The molecule has 0 radical (unpaired) electrons. The van der Waals surface area contributed by atoms with Gasteiger partial charge in [-0.25, -0.2) is 0 Å². The quantitative estimate of drug-likeness (QED) is 0.603. The van der Waals surface area contributed by atoms with Gasteiger partial charge in [-0.2, -0.15) is 0 Å². The van der Waals surface area contributed by atoms with E-state index in [0.717, 1.165) is 29.7 Å². The number of rotatable bonds is 3. The van der Waals surface area contributed by atoms with Gasteiger partial charge in [0.2, 0.25) is 0 Å². The standard InChI is InChI=1S/C21H22O3S/c1-13-17(22)9-11-21(2)10-8-15-16(20(23)24-19(15)18(13)21)12-25-14-6-4-3-5-7-14/h3-7,9,11,15-16,19H,8,10,12H2,1-2H3/t15-,16-,19-,21-/m0/s1. The van der Waals surface area contributed by atoms with Crippen molar-refractivity contribution in [3.05, 3.63) is 53.6 Å². The number of fused-ring (bicyclic) bond motifs is 3. The topological polar surface area (TPSA) is 43.4 Å². The summed E-state index contributed by atoms with van der Waals surface area (Å²) >= 11 is 1.71. The highest BCUT2D eigenvalue weighted by Crippen LogP contribution is 2.53. The third-order valence-corrected chi connectivity index (χ3v) is 7.03. The largest absolute Gasteiger partial charge is 0.457 e. The zero-order valence-corrected chi connectivity index (χ0v) is 15.3. The van der Waals surface area contributed by atoms with E-state index in [1.807, 2.05) is 31.2 Å². The Morgan fingerprint density at radius 1 is 1.24 bits per heavy atom. The Morgan fingerprint density at radius 2 is 2.00 bits per heavy atom. The first-order valence-electron chi connectivity index (χ1n) is 8.83. The van der Waals surface area contributed by atoms with E-state index in [-0.39, 0.29) is 35.1 Å². The van der Waals surface area contributed by atoms with Gasteiger partial charge in [0.1, 0.15) is 6.10 Å². The lowest BCUT2D eigenvalue weighted by molar-refractivity contribution is -0.143. The van der Waals surface area contributed by atoms with E-state index >= 15 is 0 Å². The van der Waals surface area contributed by atoms with E-state index in [2.05, 4.69) is 19.1 Å². The SMILES string of the molecule is CC1=C2[C@H]3OC(=O)[C@@H](CSc4ccccc4)[C@@H]3CC[C@@]2(C)C=CC1=O. The normalized spacial score (nSPS) is 33.9. The number of benzene rings is 1. The van der Waals surface area contributed by atoms with Crippen molar-refractivity contribution in [3.8, 4) is 0 Å². The average Bonchev–Trinajstić information content (AvgIpc) is 2.92. The molecule has 130 valence electrons. The minimum absolute atomic E-state index is 0.0475. The predicted molar refractivity (Wildman–Crippen MR) is 98.2 cm³/mol. The Balaban J connectivity index is 1.58. The van der Waals surface area contributed by atoms with Crippen LogP contribution in [0.25, 0.3) is 0 Å². The lowest BCUT2D eigenvalue weighted by Gasteiger charge is -2.43. The highest BCUT2D eigenvalue weighted by molar-refractivity contribution is 7.99. The molecule has 3 nitrogen and oxygen atoms in total. The third kappa shape index (κ3) is 2.77. The van der Waals surface area contributed by atoms with Gasteiger partial charge in [-0.05, 0) is 43.5 Å². The van der Waals surface area contributed by atoms with Crippen LogP contribution in [0, 0.1) is 17.3 Å². The molecule has 1 heterocycles. The van der Waals surface area contributed by atoms with Gasteiger partial charge in [0, 0.05) is 27.6 Å². The number of hydrogen-bond donors (Lipinski definition) is 0. The van der Waals surface area contributed by atoms with Crippen molar-refractivity contribution in [3.63, 3.8) is 0 Å². The van der Waals surface area contributed by atoms with Gasteiger partial charge in [0.05, 0.1) is 5.92 Å². The van der Waals surface area contributed by atoms with E-state index in [1.54, 1.807) is 17.8 Å². The third-order valence-electron chi connectivity index (χ3n) is 5.90. The van der Waals surface area contributed by atoms with Crippen LogP contribution in [0.4, 0.5) is 0 Å². The van der Waals surface area contributed by atoms with Gasteiger partial charge >= 0.3 is 5.97 Å². The molecule has 2 aliphatic carbocycles. The number of ether oxygens (including phenoxy) is 1. The van der Waals surface area contributed by atoms with Gasteiger partial charge < -0.3 is 4.74 Å². The van der Waals surface area contributed by atoms with Gasteiger partial charge in [0.25, 0.3) is 0 Å². The van der Waals surface area contributed by atoms with Crippen LogP contribution in [0.2, 0.25) is 0 Å². The van der Waals surface area contributed by atoms with Gasteiger partial charge in [-0.3, -0.25) is 9.59 Å². The second-order valence-corrected chi connectivity index (χ2v) is 8.54. The number of esters is 1. The zero-order valence-electron chi connectivity index (χ0n) is 14.5. The van der Waals surface area contributed by atoms with E-state index in [4.69, 9.17) is 4.74 Å². The summed E-state index contributed by atoms with van der Waals surface area (Å²) in [7, 11) is 0. The summed E-state index contributed by atoms with van der Waals surface area (Å²) in [6, 6.07) is 10.2. The van der Waals surface area contributed by atoms with Crippen LogP contribution >= 0.6 is 11.8 Å². The molecule has 1 aromatic rings. The molecule has 2 fully saturated rings. The average molecular weight is 354 g/mol. The van der Waals surface area contributed by atoms with E-state index in [9.17, 15) is 9.59 Å². The Kier molecular flexibility index (Phi) is 4.11. The van der Waals surface area contributed by atoms with Crippen molar-refractivity contribution < 1.29 is 14.3 Å². The van der Waals surface area contributed by atoms with Gasteiger partial charge in [-0.15, -0.1) is 11.8 Å². The second kappa shape index (κ2) is 6.17. The fourth-order valence-corrected chi connectivity index (χ4v) is 5.57. The molecule has 0 amide bonds. The highest BCUT2D eigenvalue weighted by atomic mass is 32.2. The fraction of sp³-hybridized carbons (Fsp3) is 0.429. The Hall–Kier alpha value is -1.81. The summed E-state index contributed by atoms with van der Waals surface area (Å²) in [6.07, 6.45) is 5.38. The molecule has 0 spiro atoms. The molecule has 4 rings (SSSR count). The maximum atomic E-state index is 12.6. The summed E-state index contributed by atoms with van der Waals surface area (Å²) < 4.78 is 5.82. The van der Waals surface area contributed by atoms with Crippen LogP contribution in [-0.4, -0.2) is 23.6 Å². The molecule has 1 saturated heterocycles. The number of carbonyl (C=O) groups is 2. The first-order chi connectivity index (χ1) is 12.0. The molecule has 1 saturated carbocycles. The maximum Gasteiger partial charge on any atom is 0.310 e. The Morgan fingerprint density at radius 3 is 2.76 bits per heavy atom. The zero-order chi connectivity index (χ0) is 17.6. The van der Waals surface area contributed by atoms with Crippen molar-refractivity contribution >= 4 is 23.5 Å². The number of carbonyl (C=O) groups excluding carboxylic acids is 2. The molecule has 25 heavy (non-hydrogen) atoms. The lowest BCUT2D eigenvalue weighted by atomic mass is 9.62. The number of ketones is 1. The molecule has 3 aliphatic rings. The second-order valence-electron chi connectivity index (χ2n) is 7.44. The number of allylic oxidation sites excluding steroid dienone is 3.